The predicted molar refractivity (Wildman–Crippen MR) is 76.1 cm³/mol. The molecule has 0 radical (unpaired) electrons. The van der Waals surface area contributed by atoms with Gasteiger partial charge in [0.1, 0.15) is 0 Å². The first-order chi connectivity index (χ1) is 9.58. The van der Waals surface area contributed by atoms with Crippen LogP contribution in [0.15, 0.2) is 29.4 Å². The zero-order chi connectivity index (χ0) is 14.5. The third-order valence-electron chi connectivity index (χ3n) is 2.67. The van der Waals surface area contributed by atoms with Gasteiger partial charge in [-0.3, -0.25) is 4.79 Å². The van der Waals surface area contributed by atoms with Crippen LogP contribution < -0.4 is 10.6 Å². The lowest BCUT2D eigenvalue weighted by atomic mass is 10.2. The zero-order valence-corrected chi connectivity index (χ0v) is 12.2. The summed E-state index contributed by atoms with van der Waals surface area (Å²) in [6.45, 7) is 1.03. The number of thioether (sulfide) groups is 1. The number of hydrogen-bond donors (Lipinski definition) is 2. The molecule has 8 heteroatoms. The standard InChI is InChI=1S/C12H16N6OS/c1-17(2)7-8-20-12-14-15-16-18(12)10-5-3-9(4-6-10)11(13)19/h3-6H,7-8H2,1-2H3,(H2,13,19)/p+1. The summed E-state index contributed by atoms with van der Waals surface area (Å²) in [6, 6.07) is 6.88. The predicted octanol–water partition coefficient (Wildman–Crippen LogP) is -1.00. The van der Waals surface area contributed by atoms with E-state index < -0.39 is 5.91 Å². The van der Waals surface area contributed by atoms with E-state index in [1.165, 1.54) is 4.90 Å². The Kier molecular flexibility index (Phi) is 4.70. The fraction of sp³-hybridized carbons (Fsp3) is 0.333. The van der Waals surface area contributed by atoms with Gasteiger partial charge in [0.25, 0.3) is 0 Å². The molecule has 0 aliphatic heterocycles. The van der Waals surface area contributed by atoms with Crippen molar-refractivity contribution >= 4 is 17.7 Å². The Morgan fingerprint density at radius 3 is 2.65 bits per heavy atom. The Labute approximate surface area is 121 Å². The van der Waals surface area contributed by atoms with Crippen LogP contribution in [-0.2, 0) is 0 Å². The van der Waals surface area contributed by atoms with Gasteiger partial charge in [0, 0.05) is 5.56 Å². The molecule has 0 saturated heterocycles. The minimum atomic E-state index is -0.447. The highest BCUT2D eigenvalue weighted by Crippen LogP contribution is 2.17. The lowest BCUT2D eigenvalue weighted by Crippen LogP contribution is -3.06. The number of nitrogens with one attached hydrogen (secondary N) is 1. The molecule has 0 aliphatic rings. The molecule has 0 aliphatic carbocycles. The van der Waals surface area contributed by atoms with Gasteiger partial charge in [-0.2, -0.15) is 4.68 Å². The van der Waals surface area contributed by atoms with E-state index in [0.29, 0.717) is 5.56 Å². The number of primary amides is 1. The van der Waals surface area contributed by atoms with Gasteiger partial charge in [-0.05, 0) is 34.7 Å². The smallest absolute Gasteiger partial charge is 0.248 e. The number of tetrazole rings is 1. The summed E-state index contributed by atoms with van der Waals surface area (Å²) in [5, 5.41) is 12.4. The monoisotopic (exact) mass is 293 g/mol. The number of carbonyl (C=O) groups is 1. The first kappa shape index (κ1) is 14.5. The summed E-state index contributed by atoms with van der Waals surface area (Å²) >= 11 is 1.60. The zero-order valence-electron chi connectivity index (χ0n) is 11.4. The van der Waals surface area contributed by atoms with Gasteiger partial charge in [-0.15, -0.1) is 5.10 Å². The van der Waals surface area contributed by atoms with Gasteiger partial charge in [-0.25, -0.2) is 0 Å². The summed E-state index contributed by atoms with van der Waals surface area (Å²) in [5.74, 6) is 0.485. The van der Waals surface area contributed by atoms with E-state index in [4.69, 9.17) is 5.73 Å². The van der Waals surface area contributed by atoms with Gasteiger partial charge in [0.2, 0.25) is 11.1 Å². The molecule has 20 heavy (non-hydrogen) atoms. The minimum absolute atomic E-state index is 0.447. The van der Waals surface area contributed by atoms with E-state index in [1.807, 2.05) is 0 Å². The number of aromatic nitrogens is 4. The first-order valence-corrected chi connectivity index (χ1v) is 7.17. The highest BCUT2D eigenvalue weighted by atomic mass is 32.2. The molecule has 0 spiro atoms. The van der Waals surface area contributed by atoms with Crippen molar-refractivity contribution < 1.29 is 9.69 Å². The van der Waals surface area contributed by atoms with Crippen LogP contribution in [0.2, 0.25) is 0 Å². The maximum absolute atomic E-state index is 11.0. The van der Waals surface area contributed by atoms with Gasteiger partial charge < -0.3 is 10.6 Å². The van der Waals surface area contributed by atoms with E-state index in [0.717, 1.165) is 23.1 Å². The largest absolute Gasteiger partial charge is 0.366 e. The number of nitrogens with two attached hydrogens (primary N) is 1. The van der Waals surface area contributed by atoms with Gasteiger partial charge in [-0.1, -0.05) is 11.8 Å². The molecule has 106 valence electrons. The quantitative estimate of drug-likeness (QED) is 0.667. The average Bonchev–Trinajstić information content (AvgIpc) is 2.87. The van der Waals surface area contributed by atoms with Gasteiger partial charge >= 0.3 is 0 Å². The average molecular weight is 293 g/mol. The van der Waals surface area contributed by atoms with Crippen LogP contribution in [0.25, 0.3) is 5.69 Å². The maximum atomic E-state index is 11.0. The number of quaternary nitrogens is 1. The van der Waals surface area contributed by atoms with E-state index in [9.17, 15) is 4.79 Å². The van der Waals surface area contributed by atoms with E-state index in [1.54, 1.807) is 40.7 Å². The van der Waals surface area contributed by atoms with Crippen molar-refractivity contribution in [3.63, 3.8) is 0 Å². The Hall–Kier alpha value is -1.93. The molecule has 0 saturated carbocycles. The third-order valence-corrected chi connectivity index (χ3v) is 3.59. The van der Waals surface area contributed by atoms with Crippen molar-refractivity contribution in [1.82, 2.24) is 20.2 Å². The molecule has 2 aromatic rings. The van der Waals surface area contributed by atoms with Gasteiger partial charge in [0.05, 0.1) is 32.1 Å². The molecule has 0 bridgehead atoms. The molecule has 0 fully saturated rings. The van der Waals surface area contributed by atoms with E-state index >= 15 is 0 Å². The molecule has 1 heterocycles. The van der Waals surface area contributed by atoms with E-state index in [-0.39, 0.29) is 0 Å². The highest BCUT2D eigenvalue weighted by molar-refractivity contribution is 7.99. The van der Waals surface area contributed by atoms with Crippen LogP contribution in [0.3, 0.4) is 0 Å². The fourth-order valence-electron chi connectivity index (χ4n) is 1.54. The Balaban J connectivity index is 2.12. The number of benzene rings is 1. The number of carbonyl (C=O) groups excluding carboxylic acids is 1. The Bertz CT molecular complexity index is 580. The number of hydrogen-bond acceptors (Lipinski definition) is 5. The Morgan fingerprint density at radius 2 is 2.05 bits per heavy atom. The molecule has 7 nitrogen and oxygen atoms in total. The summed E-state index contributed by atoms with van der Waals surface area (Å²) < 4.78 is 1.65. The fourth-order valence-corrected chi connectivity index (χ4v) is 2.60. The lowest BCUT2D eigenvalue weighted by molar-refractivity contribution is -0.855. The summed E-state index contributed by atoms with van der Waals surface area (Å²) in [6.07, 6.45) is 0. The van der Waals surface area contributed by atoms with E-state index in [2.05, 4.69) is 29.6 Å². The molecule has 1 amide bonds. The lowest BCUT2D eigenvalue weighted by Gasteiger charge is -2.07. The summed E-state index contributed by atoms with van der Waals surface area (Å²) in [5.41, 5.74) is 6.48. The molecular formula is C12H17N6OS+. The number of rotatable bonds is 6. The molecule has 3 N–H and O–H groups in total. The maximum Gasteiger partial charge on any atom is 0.248 e. The normalized spacial score (nSPS) is 10.9. The molecule has 0 atom stereocenters. The third kappa shape index (κ3) is 3.55. The Morgan fingerprint density at radius 1 is 1.35 bits per heavy atom. The molecular weight excluding hydrogens is 276 g/mol. The van der Waals surface area contributed by atoms with Crippen LogP contribution >= 0.6 is 11.8 Å². The second kappa shape index (κ2) is 6.49. The van der Waals surface area contributed by atoms with Crippen molar-refractivity contribution in [3.8, 4) is 5.69 Å². The summed E-state index contributed by atoms with van der Waals surface area (Å²) in [7, 11) is 4.21. The SMILES string of the molecule is C[NH+](C)CCSc1nnnn1-c1ccc(C(N)=O)cc1. The number of nitrogens with zero attached hydrogens (tertiary/aromatic N) is 4. The van der Waals surface area contributed by atoms with Crippen LogP contribution in [0.1, 0.15) is 10.4 Å². The molecule has 1 aromatic carbocycles. The van der Waals surface area contributed by atoms with Crippen molar-refractivity contribution in [2.75, 3.05) is 26.4 Å². The molecule has 0 unspecified atom stereocenters. The van der Waals surface area contributed by atoms with Crippen LogP contribution in [0.5, 0.6) is 0 Å². The number of amides is 1. The van der Waals surface area contributed by atoms with Crippen LogP contribution in [0, 0.1) is 0 Å². The van der Waals surface area contributed by atoms with Crippen molar-refractivity contribution in [3.05, 3.63) is 29.8 Å². The summed E-state index contributed by atoms with van der Waals surface area (Å²) in [4.78, 5) is 12.4. The first-order valence-electron chi connectivity index (χ1n) is 6.18. The topological polar surface area (TPSA) is 91.1 Å². The second-order valence-corrected chi connectivity index (χ2v) is 5.65. The van der Waals surface area contributed by atoms with Crippen LogP contribution in [0.4, 0.5) is 0 Å². The molecule has 1 aromatic heterocycles. The van der Waals surface area contributed by atoms with Crippen molar-refractivity contribution in [2.24, 2.45) is 5.73 Å². The molecule has 2 rings (SSSR count). The highest BCUT2D eigenvalue weighted by Gasteiger charge is 2.10. The van der Waals surface area contributed by atoms with Crippen molar-refractivity contribution in [1.29, 1.82) is 0 Å². The van der Waals surface area contributed by atoms with Gasteiger partial charge in [0.15, 0.2) is 0 Å². The minimum Gasteiger partial charge on any atom is -0.366 e. The van der Waals surface area contributed by atoms with Crippen LogP contribution in [-0.4, -0.2) is 52.5 Å². The second-order valence-electron chi connectivity index (χ2n) is 4.59. The van der Waals surface area contributed by atoms with Crippen molar-refractivity contribution in [2.45, 2.75) is 5.16 Å².